The molecule has 3 N–H and O–H groups in total. The van der Waals surface area contributed by atoms with Gasteiger partial charge in [-0.05, 0) is 50.2 Å². The number of aliphatic hydroxyl groups is 1. The van der Waals surface area contributed by atoms with Gasteiger partial charge in [-0.3, -0.25) is 0 Å². The van der Waals surface area contributed by atoms with Crippen LogP contribution in [0.15, 0.2) is 46.0 Å². The largest absolute Gasteiger partial charge is 0.380 e. The Morgan fingerprint density at radius 1 is 1.21 bits per heavy atom. The van der Waals surface area contributed by atoms with Crippen LogP contribution in [0, 0.1) is 4.91 Å². The van der Waals surface area contributed by atoms with Gasteiger partial charge in [0.2, 0.25) is 0 Å². The number of methoxy groups -OCH3 is 1. The van der Waals surface area contributed by atoms with Crippen LogP contribution in [0.2, 0.25) is 0 Å². The van der Waals surface area contributed by atoms with E-state index in [2.05, 4.69) is 31.7 Å². The van der Waals surface area contributed by atoms with Gasteiger partial charge in [-0.25, -0.2) is 0 Å². The Morgan fingerprint density at radius 2 is 1.96 bits per heavy atom. The normalized spacial score (nSPS) is 12.5. The molecule has 0 aromatic heterocycles. The fourth-order valence-corrected chi connectivity index (χ4v) is 2.86. The average Bonchev–Trinajstić information content (AvgIpc) is 2.62. The molecule has 0 heterocycles. The summed E-state index contributed by atoms with van der Waals surface area (Å²) >= 11 is 3.44. The van der Waals surface area contributed by atoms with Crippen molar-refractivity contribution in [2.24, 2.45) is 5.18 Å². The number of rotatable bonds is 9. The maximum absolute atomic E-state index is 11.1. The van der Waals surface area contributed by atoms with Gasteiger partial charge in [0.05, 0.1) is 12.2 Å². The zero-order valence-electron chi connectivity index (χ0n) is 16.5. The molecule has 0 aliphatic rings. The second-order valence-corrected chi connectivity index (χ2v) is 8.14. The standard InChI is InChI=1S/C20H26BrN3O4/c1-20(2,3)28-12-22-18-9-14(21)6-8-16(18)19(25)23-15-7-5-13(11-27-4)17(10-15)24-26/h5-10,19,22-23,25H,11-12H2,1-4H3. The Bertz CT molecular complexity index is 809. The van der Waals surface area contributed by atoms with Crippen LogP contribution in [0.5, 0.6) is 0 Å². The summed E-state index contributed by atoms with van der Waals surface area (Å²) in [5.74, 6) is 0. The molecule has 2 rings (SSSR count). The first-order chi connectivity index (χ1) is 13.2. The summed E-state index contributed by atoms with van der Waals surface area (Å²) in [5.41, 5.74) is 2.61. The number of benzene rings is 2. The smallest absolute Gasteiger partial charge is 0.152 e. The van der Waals surface area contributed by atoms with Gasteiger partial charge >= 0.3 is 0 Å². The van der Waals surface area contributed by atoms with Crippen LogP contribution in [0.3, 0.4) is 0 Å². The fourth-order valence-electron chi connectivity index (χ4n) is 2.50. The zero-order valence-corrected chi connectivity index (χ0v) is 18.0. The predicted molar refractivity (Wildman–Crippen MR) is 115 cm³/mol. The molecule has 2 aromatic rings. The highest BCUT2D eigenvalue weighted by Crippen LogP contribution is 2.30. The molecule has 0 radical (unpaired) electrons. The number of nitrogens with zero attached hydrogens (tertiary/aromatic N) is 1. The van der Waals surface area contributed by atoms with Gasteiger partial charge in [0.25, 0.3) is 0 Å². The van der Waals surface area contributed by atoms with Crippen molar-refractivity contribution in [3.8, 4) is 0 Å². The van der Waals surface area contributed by atoms with E-state index < -0.39 is 6.23 Å². The van der Waals surface area contributed by atoms with Gasteiger partial charge in [-0.15, -0.1) is 4.91 Å². The molecule has 28 heavy (non-hydrogen) atoms. The topological polar surface area (TPSA) is 92.2 Å². The van der Waals surface area contributed by atoms with Crippen molar-refractivity contribution in [1.29, 1.82) is 0 Å². The molecule has 1 unspecified atom stereocenters. The van der Waals surface area contributed by atoms with Crippen LogP contribution in [0.25, 0.3) is 0 Å². The second-order valence-electron chi connectivity index (χ2n) is 7.22. The molecule has 152 valence electrons. The van der Waals surface area contributed by atoms with E-state index in [9.17, 15) is 10.0 Å². The van der Waals surface area contributed by atoms with Crippen LogP contribution in [0.4, 0.5) is 17.1 Å². The molecule has 0 fully saturated rings. The minimum absolute atomic E-state index is 0.270. The SMILES string of the molecule is COCc1ccc(NC(O)c2ccc(Br)cc2NCOC(C)(C)C)cc1N=O. The Labute approximate surface area is 173 Å². The maximum Gasteiger partial charge on any atom is 0.152 e. The molecular formula is C20H26BrN3O4. The molecule has 1 atom stereocenters. The number of anilines is 2. The summed E-state index contributed by atoms with van der Waals surface area (Å²) in [6, 6.07) is 10.6. The van der Waals surface area contributed by atoms with E-state index in [1.165, 1.54) is 0 Å². The third-order valence-electron chi connectivity index (χ3n) is 3.86. The van der Waals surface area contributed by atoms with Crippen molar-refractivity contribution in [3.05, 3.63) is 56.9 Å². The third kappa shape index (κ3) is 6.56. The maximum atomic E-state index is 11.1. The number of hydrogen-bond acceptors (Lipinski definition) is 7. The molecule has 0 amide bonds. The number of nitroso groups, excluding NO2 is 1. The first-order valence-electron chi connectivity index (χ1n) is 8.80. The minimum atomic E-state index is -1.00. The number of halogens is 1. The number of ether oxygens (including phenoxy) is 2. The van der Waals surface area contributed by atoms with E-state index in [1.807, 2.05) is 32.9 Å². The van der Waals surface area contributed by atoms with Crippen molar-refractivity contribution in [1.82, 2.24) is 0 Å². The van der Waals surface area contributed by atoms with Crippen molar-refractivity contribution in [3.63, 3.8) is 0 Å². The van der Waals surface area contributed by atoms with Gasteiger partial charge in [0.15, 0.2) is 6.23 Å². The van der Waals surface area contributed by atoms with Crippen LogP contribution in [-0.2, 0) is 16.1 Å². The molecule has 0 aliphatic carbocycles. The lowest BCUT2D eigenvalue weighted by Crippen LogP contribution is -2.23. The molecule has 7 nitrogen and oxygen atoms in total. The highest BCUT2D eigenvalue weighted by atomic mass is 79.9. The lowest BCUT2D eigenvalue weighted by atomic mass is 10.1. The second kappa shape index (κ2) is 9.97. The lowest BCUT2D eigenvalue weighted by Gasteiger charge is -2.23. The molecular weight excluding hydrogens is 426 g/mol. The molecule has 0 saturated heterocycles. The van der Waals surface area contributed by atoms with Crippen LogP contribution in [0.1, 0.15) is 38.1 Å². The fraction of sp³-hybridized carbons (Fsp3) is 0.400. The van der Waals surface area contributed by atoms with E-state index in [0.717, 1.165) is 10.2 Å². The van der Waals surface area contributed by atoms with E-state index in [4.69, 9.17) is 9.47 Å². The van der Waals surface area contributed by atoms with Gasteiger partial charge in [-0.1, -0.05) is 28.1 Å². The Kier molecular flexibility index (Phi) is 7.94. The Morgan fingerprint density at radius 3 is 2.61 bits per heavy atom. The molecule has 0 saturated carbocycles. The first kappa shape index (κ1) is 22.3. The summed E-state index contributed by atoms with van der Waals surface area (Å²) in [6.07, 6.45) is -1.00. The van der Waals surface area contributed by atoms with E-state index in [1.54, 1.807) is 31.4 Å². The van der Waals surface area contributed by atoms with Crippen LogP contribution >= 0.6 is 15.9 Å². The summed E-state index contributed by atoms with van der Waals surface area (Å²) in [5, 5.41) is 19.9. The first-order valence-corrected chi connectivity index (χ1v) is 9.60. The summed E-state index contributed by atoms with van der Waals surface area (Å²) in [7, 11) is 1.55. The van der Waals surface area contributed by atoms with Gasteiger partial charge in [-0.2, -0.15) is 0 Å². The summed E-state index contributed by atoms with van der Waals surface area (Å²) in [4.78, 5) is 11.1. The number of nitrogens with one attached hydrogen (secondary N) is 2. The highest BCUT2D eigenvalue weighted by molar-refractivity contribution is 9.10. The highest BCUT2D eigenvalue weighted by Gasteiger charge is 2.15. The minimum Gasteiger partial charge on any atom is -0.380 e. The van der Waals surface area contributed by atoms with E-state index in [-0.39, 0.29) is 11.3 Å². The quantitative estimate of drug-likeness (QED) is 0.354. The molecule has 8 heteroatoms. The average molecular weight is 452 g/mol. The van der Waals surface area contributed by atoms with E-state index >= 15 is 0 Å². The summed E-state index contributed by atoms with van der Waals surface area (Å²) < 4.78 is 11.6. The third-order valence-corrected chi connectivity index (χ3v) is 4.36. The van der Waals surface area contributed by atoms with Crippen LogP contribution < -0.4 is 10.6 Å². The monoisotopic (exact) mass is 451 g/mol. The van der Waals surface area contributed by atoms with Crippen molar-refractivity contribution < 1.29 is 14.6 Å². The van der Waals surface area contributed by atoms with Gasteiger partial charge in [0, 0.05) is 34.1 Å². The van der Waals surface area contributed by atoms with E-state index in [0.29, 0.717) is 30.2 Å². The lowest BCUT2D eigenvalue weighted by molar-refractivity contribution is 0.00839. The predicted octanol–water partition coefficient (Wildman–Crippen LogP) is 5.28. The summed E-state index contributed by atoms with van der Waals surface area (Å²) in [6.45, 7) is 6.50. The molecule has 2 aromatic carbocycles. The zero-order chi connectivity index (χ0) is 20.7. The number of aliphatic hydroxyl groups excluding tert-OH is 1. The van der Waals surface area contributed by atoms with Crippen molar-refractivity contribution in [2.75, 3.05) is 24.5 Å². The van der Waals surface area contributed by atoms with Crippen molar-refractivity contribution >= 4 is 33.0 Å². The molecule has 0 bridgehead atoms. The Hall–Kier alpha value is -2.00. The van der Waals surface area contributed by atoms with Crippen molar-refractivity contribution in [2.45, 2.75) is 39.2 Å². The molecule has 0 spiro atoms. The van der Waals surface area contributed by atoms with Crippen LogP contribution in [-0.4, -0.2) is 24.5 Å². The van der Waals surface area contributed by atoms with Gasteiger partial charge in [0.1, 0.15) is 12.4 Å². The number of hydrogen-bond donors (Lipinski definition) is 3. The Balaban J connectivity index is 2.17. The van der Waals surface area contributed by atoms with Gasteiger partial charge < -0.3 is 25.2 Å². The molecule has 0 aliphatic heterocycles.